The number of nitrogens with zero attached hydrogens (tertiary/aromatic N) is 1. The smallest absolute Gasteiger partial charge is 0.455 e. The number of ether oxygens (including phenoxy) is 1. The van der Waals surface area contributed by atoms with Gasteiger partial charge in [0.05, 0.1) is 17.1 Å². The molecular formula is C15H13BrClNO5P+. The van der Waals surface area contributed by atoms with Gasteiger partial charge in [0.25, 0.3) is 0 Å². The van der Waals surface area contributed by atoms with Gasteiger partial charge in [-0.25, -0.2) is 0 Å². The van der Waals surface area contributed by atoms with Gasteiger partial charge in [-0.15, -0.1) is 4.52 Å². The van der Waals surface area contributed by atoms with Crippen LogP contribution >= 0.6 is 35.6 Å². The number of halogens is 2. The van der Waals surface area contributed by atoms with E-state index in [2.05, 4.69) is 15.9 Å². The van der Waals surface area contributed by atoms with E-state index in [-0.39, 0.29) is 11.0 Å². The number of benzene rings is 2. The second-order valence-electron chi connectivity index (χ2n) is 4.68. The van der Waals surface area contributed by atoms with Gasteiger partial charge in [0.2, 0.25) is 0 Å². The summed E-state index contributed by atoms with van der Waals surface area (Å²) in [5.41, 5.74) is 0.341. The predicted octanol–water partition coefficient (Wildman–Crippen LogP) is 5.38. The average Bonchev–Trinajstić information content (AvgIpc) is 2.55. The number of nitro groups is 1. The van der Waals surface area contributed by atoms with E-state index in [4.69, 9.17) is 20.9 Å². The number of aryl methyl sites for hydroxylation is 1. The van der Waals surface area contributed by atoms with E-state index in [9.17, 15) is 14.7 Å². The monoisotopic (exact) mass is 432 g/mol. The molecule has 0 N–H and O–H groups in total. The van der Waals surface area contributed by atoms with Crippen molar-refractivity contribution in [3.8, 4) is 11.5 Å². The maximum Gasteiger partial charge on any atom is 0.556 e. The zero-order chi connectivity index (χ0) is 17.9. The van der Waals surface area contributed by atoms with Gasteiger partial charge in [-0.05, 0) is 29.2 Å². The highest BCUT2D eigenvalue weighted by Crippen LogP contribution is 2.37. The lowest BCUT2D eigenvalue weighted by Gasteiger charge is -2.11. The molecule has 0 bridgehead atoms. The van der Waals surface area contributed by atoms with E-state index in [0.717, 1.165) is 4.47 Å². The zero-order valence-electron chi connectivity index (χ0n) is 12.8. The molecule has 0 amide bonds. The Bertz CT molecular complexity index is 815. The molecule has 0 heterocycles. The Hall–Kier alpha value is -1.53. The molecule has 1 atom stereocenters. The van der Waals surface area contributed by atoms with Crippen LogP contribution in [0.3, 0.4) is 0 Å². The van der Waals surface area contributed by atoms with Gasteiger partial charge in [-0.1, -0.05) is 34.5 Å². The summed E-state index contributed by atoms with van der Waals surface area (Å²) in [5, 5.41) is 11.6. The maximum absolute atomic E-state index is 12.0. The highest BCUT2D eigenvalue weighted by Gasteiger charge is 2.34. The van der Waals surface area contributed by atoms with E-state index in [1.165, 1.54) is 19.2 Å². The van der Waals surface area contributed by atoms with Crippen molar-refractivity contribution in [2.75, 3.05) is 7.11 Å². The van der Waals surface area contributed by atoms with Crippen LogP contribution in [0.25, 0.3) is 0 Å². The minimum Gasteiger partial charge on any atom is -0.455 e. The molecule has 126 valence electrons. The topological polar surface area (TPSA) is 78.7 Å². The first-order valence-electron chi connectivity index (χ1n) is 6.83. The van der Waals surface area contributed by atoms with Crippen molar-refractivity contribution in [2.24, 2.45) is 0 Å². The molecule has 6 nitrogen and oxygen atoms in total. The summed E-state index contributed by atoms with van der Waals surface area (Å²) >= 11 is 9.45. The number of hydrogen-bond donors (Lipinski definition) is 0. The van der Waals surface area contributed by atoms with E-state index in [1.54, 1.807) is 18.2 Å². The zero-order valence-corrected chi connectivity index (χ0v) is 16.0. The highest BCUT2D eigenvalue weighted by molar-refractivity contribution is 9.10. The van der Waals surface area contributed by atoms with Crippen molar-refractivity contribution in [1.82, 2.24) is 0 Å². The molecule has 0 saturated heterocycles. The van der Waals surface area contributed by atoms with E-state index < -0.39 is 13.0 Å². The second-order valence-corrected chi connectivity index (χ2v) is 7.36. The fraction of sp³-hybridized carbons (Fsp3) is 0.200. The lowest BCUT2D eigenvalue weighted by atomic mass is 10.1. The number of nitro benzene ring substituents is 1. The third-order valence-electron chi connectivity index (χ3n) is 3.21. The molecule has 2 aromatic rings. The fourth-order valence-corrected chi connectivity index (χ4v) is 3.50. The molecule has 0 aliphatic heterocycles. The summed E-state index contributed by atoms with van der Waals surface area (Å²) in [5.74, 6) is 0.740. The van der Waals surface area contributed by atoms with Crippen molar-refractivity contribution < 1.29 is 18.7 Å². The second kappa shape index (κ2) is 8.03. The van der Waals surface area contributed by atoms with Gasteiger partial charge in [-0.2, -0.15) is 0 Å². The van der Waals surface area contributed by atoms with Gasteiger partial charge in [0, 0.05) is 22.2 Å². The molecule has 0 aliphatic rings. The Morgan fingerprint density at radius 3 is 2.54 bits per heavy atom. The Morgan fingerprint density at radius 1 is 1.29 bits per heavy atom. The highest BCUT2D eigenvalue weighted by atomic mass is 79.9. The van der Waals surface area contributed by atoms with Crippen LogP contribution in [0.4, 0.5) is 5.69 Å². The summed E-state index contributed by atoms with van der Waals surface area (Å²) in [6.45, 7) is 1.84. The van der Waals surface area contributed by atoms with E-state index >= 15 is 0 Å². The minimum absolute atomic E-state index is 0.0297. The Labute approximate surface area is 152 Å². The summed E-state index contributed by atoms with van der Waals surface area (Å²) in [4.78, 5) is 10.6. The molecule has 0 fully saturated rings. The van der Waals surface area contributed by atoms with Crippen LogP contribution in [0.5, 0.6) is 11.5 Å². The van der Waals surface area contributed by atoms with Crippen LogP contribution < -0.4 is 10.0 Å². The third kappa shape index (κ3) is 4.11. The van der Waals surface area contributed by atoms with Crippen molar-refractivity contribution in [3.05, 3.63) is 55.5 Å². The van der Waals surface area contributed by atoms with E-state index in [1.807, 2.05) is 6.92 Å². The largest absolute Gasteiger partial charge is 0.556 e. The predicted molar refractivity (Wildman–Crippen MR) is 95.9 cm³/mol. The van der Waals surface area contributed by atoms with Gasteiger partial charge >= 0.3 is 19.0 Å². The van der Waals surface area contributed by atoms with Gasteiger partial charge in [0.15, 0.2) is 0 Å². The molecule has 0 spiro atoms. The molecule has 0 aliphatic carbocycles. The first kappa shape index (κ1) is 18.8. The van der Waals surface area contributed by atoms with Crippen LogP contribution in [-0.4, -0.2) is 12.0 Å². The molecular weight excluding hydrogens is 420 g/mol. The molecule has 2 rings (SSSR count). The molecule has 2 aromatic carbocycles. The molecule has 1 unspecified atom stereocenters. The SMILES string of the molecule is CCc1cc([N+](=O)[O-])c([P+](=O)OC)cc1Oc1ccc(Br)cc1Cl. The van der Waals surface area contributed by atoms with E-state index in [0.29, 0.717) is 28.5 Å². The normalized spacial score (nSPS) is 11.2. The quantitative estimate of drug-likeness (QED) is 0.347. The fourth-order valence-electron chi connectivity index (χ4n) is 2.04. The summed E-state index contributed by atoms with van der Waals surface area (Å²) < 4.78 is 23.3. The van der Waals surface area contributed by atoms with Gasteiger partial charge in [0.1, 0.15) is 11.5 Å². The first-order valence-corrected chi connectivity index (χ1v) is 9.17. The summed E-state index contributed by atoms with van der Waals surface area (Å²) in [7, 11) is -1.14. The van der Waals surface area contributed by atoms with Crippen molar-refractivity contribution in [1.29, 1.82) is 0 Å². The summed E-state index contributed by atoms with van der Waals surface area (Å²) in [6.07, 6.45) is 0.494. The number of hydrogen-bond acceptors (Lipinski definition) is 5. The number of rotatable bonds is 6. The molecule has 0 saturated carbocycles. The van der Waals surface area contributed by atoms with Crippen molar-refractivity contribution in [2.45, 2.75) is 13.3 Å². The van der Waals surface area contributed by atoms with Gasteiger partial charge < -0.3 is 4.74 Å². The maximum atomic E-state index is 12.0. The van der Waals surface area contributed by atoms with Crippen LogP contribution in [0.1, 0.15) is 12.5 Å². The molecule has 0 radical (unpaired) electrons. The minimum atomic E-state index is -2.36. The molecule has 0 aromatic heterocycles. The van der Waals surface area contributed by atoms with Crippen LogP contribution in [0, 0.1) is 10.1 Å². The third-order valence-corrected chi connectivity index (χ3v) is 5.08. The Kier molecular flexibility index (Phi) is 6.29. The lowest BCUT2D eigenvalue weighted by molar-refractivity contribution is -0.383. The van der Waals surface area contributed by atoms with Gasteiger partial charge in [-0.3, -0.25) is 10.1 Å². The van der Waals surface area contributed by atoms with Crippen molar-refractivity contribution >= 4 is 46.6 Å². The standard InChI is InChI=1S/C15H13BrClNO5P/c1-3-9-6-12(18(19)20)15(24(21)22-2)8-14(9)23-13-5-4-10(16)7-11(13)17/h4-8H,3H2,1-2H3/q+1. The first-order chi connectivity index (χ1) is 11.4. The Morgan fingerprint density at radius 2 is 2.00 bits per heavy atom. The average molecular weight is 434 g/mol. The van der Waals surface area contributed by atoms with Crippen LogP contribution in [-0.2, 0) is 15.5 Å². The summed E-state index contributed by atoms with van der Waals surface area (Å²) in [6, 6.07) is 7.82. The lowest BCUT2D eigenvalue weighted by Crippen LogP contribution is -2.08. The molecule has 9 heteroatoms. The van der Waals surface area contributed by atoms with Crippen LogP contribution in [0.15, 0.2) is 34.8 Å². The van der Waals surface area contributed by atoms with Crippen LogP contribution in [0.2, 0.25) is 5.02 Å². The Balaban J connectivity index is 2.56. The van der Waals surface area contributed by atoms with Crippen molar-refractivity contribution in [3.63, 3.8) is 0 Å². The molecule has 24 heavy (non-hydrogen) atoms.